The van der Waals surface area contributed by atoms with Crippen LogP contribution in [-0.2, 0) is 5.75 Å². The predicted octanol–water partition coefficient (Wildman–Crippen LogP) is 4.89. The monoisotopic (exact) mass is 355 g/mol. The molecule has 0 saturated heterocycles. The lowest BCUT2D eigenvalue weighted by Gasteiger charge is -2.01. The molecule has 3 aromatic rings. The fourth-order valence-corrected chi connectivity index (χ4v) is 3.79. The first-order valence-corrected chi connectivity index (χ1v) is 8.55. The standard InChI is InChI=1S/C14H11ClFN3OS2/c1-7-12(22-8(2)17-7)13-18-19-14(20-13)21-6-9-3-4-10(16)5-11(9)15/h3-5H,6H2,1-2H3. The SMILES string of the molecule is Cc1nc(C)c(-c2nnc(SCc3ccc(F)cc3Cl)o2)s1. The zero-order valence-electron chi connectivity index (χ0n) is 11.8. The lowest BCUT2D eigenvalue weighted by Crippen LogP contribution is -1.84. The lowest BCUT2D eigenvalue weighted by molar-refractivity contribution is 0.466. The van der Waals surface area contributed by atoms with E-state index >= 15 is 0 Å². The number of aryl methyl sites for hydroxylation is 2. The van der Waals surface area contributed by atoms with Crippen molar-refractivity contribution < 1.29 is 8.81 Å². The van der Waals surface area contributed by atoms with Gasteiger partial charge in [0.25, 0.3) is 11.1 Å². The normalized spacial score (nSPS) is 11.1. The fraction of sp³-hybridized carbons (Fsp3) is 0.214. The van der Waals surface area contributed by atoms with Gasteiger partial charge in [0.2, 0.25) is 0 Å². The summed E-state index contributed by atoms with van der Waals surface area (Å²) in [4.78, 5) is 5.23. The minimum absolute atomic E-state index is 0.352. The van der Waals surface area contributed by atoms with Gasteiger partial charge in [0, 0.05) is 10.8 Å². The zero-order valence-corrected chi connectivity index (χ0v) is 14.2. The van der Waals surface area contributed by atoms with E-state index in [-0.39, 0.29) is 5.82 Å². The summed E-state index contributed by atoms with van der Waals surface area (Å²) in [6, 6.07) is 4.32. The maximum Gasteiger partial charge on any atom is 0.277 e. The maximum atomic E-state index is 13.0. The molecule has 0 radical (unpaired) electrons. The summed E-state index contributed by atoms with van der Waals surface area (Å²) < 4.78 is 18.6. The van der Waals surface area contributed by atoms with Crippen LogP contribution in [0.5, 0.6) is 0 Å². The van der Waals surface area contributed by atoms with Crippen LogP contribution in [0.4, 0.5) is 4.39 Å². The third-order valence-electron chi connectivity index (χ3n) is 2.87. The third-order valence-corrected chi connectivity index (χ3v) is 5.15. The number of benzene rings is 1. The van der Waals surface area contributed by atoms with E-state index in [4.69, 9.17) is 16.0 Å². The smallest absolute Gasteiger partial charge is 0.277 e. The molecule has 4 nitrogen and oxygen atoms in total. The molecule has 22 heavy (non-hydrogen) atoms. The summed E-state index contributed by atoms with van der Waals surface area (Å²) in [7, 11) is 0. The van der Waals surface area contributed by atoms with E-state index in [0.29, 0.717) is 21.9 Å². The largest absolute Gasteiger partial charge is 0.410 e. The Balaban J connectivity index is 1.73. The number of aromatic nitrogens is 3. The molecular formula is C14H11ClFN3OS2. The molecule has 8 heteroatoms. The summed E-state index contributed by atoms with van der Waals surface area (Å²) in [5.74, 6) is 0.646. The van der Waals surface area contributed by atoms with Crippen molar-refractivity contribution >= 4 is 34.7 Å². The molecule has 2 heterocycles. The Morgan fingerprint density at radius 1 is 1.32 bits per heavy atom. The van der Waals surface area contributed by atoms with Gasteiger partial charge in [-0.15, -0.1) is 21.5 Å². The number of thiazole rings is 1. The average Bonchev–Trinajstić information content (AvgIpc) is 3.04. The van der Waals surface area contributed by atoms with Crippen molar-refractivity contribution in [3.8, 4) is 10.8 Å². The van der Waals surface area contributed by atoms with E-state index in [2.05, 4.69) is 15.2 Å². The Morgan fingerprint density at radius 3 is 2.82 bits per heavy atom. The number of hydrogen-bond acceptors (Lipinski definition) is 6. The van der Waals surface area contributed by atoms with Crippen molar-refractivity contribution in [2.24, 2.45) is 0 Å². The lowest BCUT2D eigenvalue weighted by atomic mass is 10.2. The Morgan fingerprint density at radius 2 is 2.14 bits per heavy atom. The molecule has 0 fully saturated rings. The molecule has 0 amide bonds. The van der Waals surface area contributed by atoms with Crippen LogP contribution in [-0.4, -0.2) is 15.2 Å². The highest BCUT2D eigenvalue weighted by molar-refractivity contribution is 7.98. The number of thioether (sulfide) groups is 1. The summed E-state index contributed by atoms with van der Waals surface area (Å²) in [6.45, 7) is 3.85. The van der Waals surface area contributed by atoms with E-state index < -0.39 is 0 Å². The molecule has 0 bridgehead atoms. The summed E-state index contributed by atoms with van der Waals surface area (Å²) in [5.41, 5.74) is 1.70. The van der Waals surface area contributed by atoms with Gasteiger partial charge in [0.1, 0.15) is 10.7 Å². The molecule has 0 atom stereocenters. The average molecular weight is 356 g/mol. The van der Waals surface area contributed by atoms with Gasteiger partial charge in [0.15, 0.2) is 0 Å². The first-order chi connectivity index (χ1) is 10.5. The van der Waals surface area contributed by atoms with Crippen molar-refractivity contribution in [1.82, 2.24) is 15.2 Å². The van der Waals surface area contributed by atoms with Crippen LogP contribution < -0.4 is 0 Å². The summed E-state index contributed by atoms with van der Waals surface area (Å²) in [5, 5.41) is 9.85. The molecular weight excluding hydrogens is 345 g/mol. The van der Waals surface area contributed by atoms with Crippen LogP contribution in [0, 0.1) is 19.7 Å². The molecule has 0 aliphatic carbocycles. The fourth-order valence-electron chi connectivity index (χ4n) is 1.87. The molecule has 1 aromatic carbocycles. The maximum absolute atomic E-state index is 13.0. The van der Waals surface area contributed by atoms with Gasteiger partial charge >= 0.3 is 0 Å². The molecule has 0 N–H and O–H groups in total. The van der Waals surface area contributed by atoms with Crippen molar-refractivity contribution in [1.29, 1.82) is 0 Å². The van der Waals surface area contributed by atoms with Gasteiger partial charge in [-0.1, -0.05) is 29.4 Å². The molecule has 2 aromatic heterocycles. The highest BCUT2D eigenvalue weighted by Crippen LogP contribution is 2.32. The minimum Gasteiger partial charge on any atom is -0.410 e. The van der Waals surface area contributed by atoms with E-state index in [1.165, 1.54) is 35.2 Å². The first kappa shape index (κ1) is 15.5. The molecule has 3 rings (SSSR count). The molecule has 0 unspecified atom stereocenters. The zero-order chi connectivity index (χ0) is 15.7. The number of hydrogen-bond donors (Lipinski definition) is 0. The van der Waals surface area contributed by atoms with Gasteiger partial charge in [-0.3, -0.25) is 0 Å². The van der Waals surface area contributed by atoms with E-state index in [1.54, 1.807) is 6.07 Å². The highest BCUT2D eigenvalue weighted by atomic mass is 35.5. The number of nitrogens with zero attached hydrogens (tertiary/aromatic N) is 3. The Kier molecular flexibility index (Phi) is 4.46. The van der Waals surface area contributed by atoms with E-state index in [0.717, 1.165) is 21.1 Å². The number of rotatable bonds is 4. The molecule has 114 valence electrons. The van der Waals surface area contributed by atoms with Crippen LogP contribution in [0.3, 0.4) is 0 Å². The Hall–Kier alpha value is -1.44. The quantitative estimate of drug-likeness (QED) is 0.623. The highest BCUT2D eigenvalue weighted by Gasteiger charge is 2.15. The van der Waals surface area contributed by atoms with Gasteiger partial charge in [-0.25, -0.2) is 9.37 Å². The van der Waals surface area contributed by atoms with Crippen molar-refractivity contribution in [2.45, 2.75) is 24.8 Å². The second kappa shape index (κ2) is 6.36. The summed E-state index contributed by atoms with van der Waals surface area (Å²) in [6.07, 6.45) is 0. The van der Waals surface area contributed by atoms with Crippen LogP contribution in [0.1, 0.15) is 16.3 Å². The van der Waals surface area contributed by atoms with E-state index in [1.807, 2.05) is 13.8 Å². The van der Waals surface area contributed by atoms with Crippen molar-refractivity contribution in [2.75, 3.05) is 0 Å². The second-order valence-corrected chi connectivity index (χ2v) is 7.08. The second-order valence-electron chi connectivity index (χ2n) is 4.54. The number of halogens is 2. The van der Waals surface area contributed by atoms with Crippen molar-refractivity contribution in [3.05, 3.63) is 45.3 Å². The van der Waals surface area contributed by atoms with Crippen LogP contribution in [0.25, 0.3) is 10.8 Å². The molecule has 0 spiro atoms. The first-order valence-electron chi connectivity index (χ1n) is 6.37. The predicted molar refractivity (Wildman–Crippen MR) is 85.9 cm³/mol. The summed E-state index contributed by atoms with van der Waals surface area (Å²) >= 11 is 8.87. The molecule has 0 saturated carbocycles. The third kappa shape index (κ3) is 3.31. The Labute approximate surface area is 139 Å². The van der Waals surface area contributed by atoms with Gasteiger partial charge in [0.05, 0.1) is 10.7 Å². The van der Waals surface area contributed by atoms with Crippen molar-refractivity contribution in [3.63, 3.8) is 0 Å². The van der Waals surface area contributed by atoms with Gasteiger partial charge < -0.3 is 4.42 Å². The van der Waals surface area contributed by atoms with Gasteiger partial charge in [-0.2, -0.15) is 0 Å². The molecule has 0 aliphatic heterocycles. The van der Waals surface area contributed by atoms with Crippen LogP contribution in [0.15, 0.2) is 27.8 Å². The Bertz CT molecular complexity index is 818. The topological polar surface area (TPSA) is 51.8 Å². The van der Waals surface area contributed by atoms with Crippen LogP contribution in [0.2, 0.25) is 5.02 Å². The molecule has 0 aliphatic rings. The minimum atomic E-state index is -0.352. The van der Waals surface area contributed by atoms with Crippen LogP contribution >= 0.6 is 34.7 Å². The van der Waals surface area contributed by atoms with Gasteiger partial charge in [-0.05, 0) is 31.5 Å². The van der Waals surface area contributed by atoms with E-state index in [9.17, 15) is 4.39 Å².